The van der Waals surface area contributed by atoms with Crippen molar-refractivity contribution in [2.75, 3.05) is 33.4 Å². The number of nitrogens with zero attached hydrogens (tertiary/aromatic N) is 1. The van der Waals surface area contributed by atoms with Crippen LogP contribution < -0.4 is 10.1 Å². The Hall–Kier alpha value is -1.35. The molecular weight excluding hydrogens is 356 g/mol. The van der Waals surface area contributed by atoms with Gasteiger partial charge in [-0.1, -0.05) is 11.6 Å². The van der Waals surface area contributed by atoms with Crippen LogP contribution in [0.4, 0.5) is 0 Å². The fraction of sp³-hybridized carbons (Fsp3) is 0.533. The third-order valence-corrected chi connectivity index (χ3v) is 6.13. The van der Waals surface area contributed by atoms with Gasteiger partial charge in [0, 0.05) is 30.6 Å². The molecule has 0 radical (unpaired) electrons. The first kappa shape index (κ1) is 19.0. The molecule has 0 aliphatic carbocycles. The molecule has 2 N–H and O–H groups in total. The number of piperidine rings is 1. The lowest BCUT2D eigenvalue weighted by Crippen LogP contribution is -2.43. The standard InChI is InChI=1S/C15H21ClN2O5S/c1-23-13-3-2-12(16)10-14(13)24(21,22)18-7-4-11(5-8-18)15(20)17-6-9-19/h2-3,10-11,19H,4-9H2,1H3,(H,17,20). The van der Waals surface area contributed by atoms with Crippen LogP contribution in [-0.4, -0.2) is 57.1 Å². The smallest absolute Gasteiger partial charge is 0.246 e. The zero-order valence-electron chi connectivity index (χ0n) is 13.4. The largest absolute Gasteiger partial charge is 0.495 e. The SMILES string of the molecule is COc1ccc(Cl)cc1S(=O)(=O)N1CCC(C(=O)NCCO)CC1. The summed E-state index contributed by atoms with van der Waals surface area (Å²) >= 11 is 5.92. The van der Waals surface area contributed by atoms with E-state index < -0.39 is 10.0 Å². The van der Waals surface area contributed by atoms with E-state index in [2.05, 4.69) is 5.32 Å². The van der Waals surface area contributed by atoms with Crippen LogP contribution in [0.3, 0.4) is 0 Å². The lowest BCUT2D eigenvalue weighted by molar-refractivity contribution is -0.126. The molecule has 1 aliphatic rings. The molecule has 0 bridgehead atoms. The minimum Gasteiger partial charge on any atom is -0.495 e. The van der Waals surface area contributed by atoms with E-state index in [0.717, 1.165) is 0 Å². The summed E-state index contributed by atoms with van der Waals surface area (Å²) in [4.78, 5) is 11.9. The summed E-state index contributed by atoms with van der Waals surface area (Å²) in [5, 5.41) is 11.7. The molecule has 1 fully saturated rings. The Morgan fingerprint density at radius 1 is 1.42 bits per heavy atom. The number of aliphatic hydroxyl groups excluding tert-OH is 1. The van der Waals surface area contributed by atoms with E-state index in [9.17, 15) is 13.2 Å². The van der Waals surface area contributed by atoms with Crippen molar-refractivity contribution >= 4 is 27.5 Å². The van der Waals surface area contributed by atoms with Crippen LogP contribution in [-0.2, 0) is 14.8 Å². The number of hydrogen-bond acceptors (Lipinski definition) is 5. The summed E-state index contributed by atoms with van der Waals surface area (Å²) in [5.74, 6) is -0.159. The van der Waals surface area contributed by atoms with E-state index >= 15 is 0 Å². The zero-order valence-corrected chi connectivity index (χ0v) is 14.9. The topological polar surface area (TPSA) is 95.9 Å². The third kappa shape index (κ3) is 4.18. The van der Waals surface area contributed by atoms with Crippen LogP contribution in [0.15, 0.2) is 23.1 Å². The normalized spacial score (nSPS) is 16.8. The van der Waals surface area contributed by atoms with Crippen molar-refractivity contribution in [3.63, 3.8) is 0 Å². The van der Waals surface area contributed by atoms with Crippen LogP contribution >= 0.6 is 11.6 Å². The van der Waals surface area contributed by atoms with Gasteiger partial charge in [-0.3, -0.25) is 4.79 Å². The van der Waals surface area contributed by atoms with E-state index in [0.29, 0.717) is 17.9 Å². The summed E-state index contributed by atoms with van der Waals surface area (Å²) in [6.07, 6.45) is 0.860. The summed E-state index contributed by atoms with van der Waals surface area (Å²) in [5.41, 5.74) is 0. The van der Waals surface area contributed by atoms with Crippen LogP contribution in [0.5, 0.6) is 5.75 Å². The number of nitrogens with one attached hydrogen (secondary N) is 1. The number of aliphatic hydroxyl groups is 1. The second-order valence-corrected chi connectivity index (χ2v) is 7.83. The van der Waals surface area contributed by atoms with Gasteiger partial charge in [-0.2, -0.15) is 4.31 Å². The van der Waals surface area contributed by atoms with Crippen LogP contribution in [0, 0.1) is 5.92 Å². The van der Waals surface area contributed by atoms with Gasteiger partial charge in [0.1, 0.15) is 10.6 Å². The predicted octanol–water partition coefficient (Wildman–Crippen LogP) is 0.858. The fourth-order valence-electron chi connectivity index (χ4n) is 2.67. The third-order valence-electron chi connectivity index (χ3n) is 3.98. The van der Waals surface area contributed by atoms with E-state index in [-0.39, 0.29) is 48.7 Å². The van der Waals surface area contributed by atoms with Gasteiger partial charge < -0.3 is 15.2 Å². The number of carbonyl (C=O) groups excluding carboxylic acids is 1. The van der Waals surface area contributed by atoms with Gasteiger partial charge in [0.2, 0.25) is 15.9 Å². The average molecular weight is 377 g/mol. The Kier molecular flexibility index (Phi) is 6.45. The highest BCUT2D eigenvalue weighted by molar-refractivity contribution is 7.89. The number of rotatable bonds is 6. The molecule has 24 heavy (non-hydrogen) atoms. The van der Waals surface area contributed by atoms with Gasteiger partial charge >= 0.3 is 0 Å². The Balaban J connectivity index is 2.10. The minimum atomic E-state index is -3.74. The number of amides is 1. The molecule has 0 atom stereocenters. The molecule has 0 unspecified atom stereocenters. The minimum absolute atomic E-state index is 0.0284. The van der Waals surface area contributed by atoms with Gasteiger partial charge in [-0.05, 0) is 31.0 Å². The highest BCUT2D eigenvalue weighted by atomic mass is 35.5. The predicted molar refractivity (Wildman–Crippen MR) is 89.6 cm³/mol. The van der Waals surface area contributed by atoms with Crippen molar-refractivity contribution in [1.82, 2.24) is 9.62 Å². The molecule has 134 valence electrons. The van der Waals surface area contributed by atoms with Gasteiger partial charge in [-0.25, -0.2) is 8.42 Å². The number of halogens is 1. The molecule has 1 aromatic rings. The lowest BCUT2D eigenvalue weighted by Gasteiger charge is -2.30. The number of methoxy groups -OCH3 is 1. The molecule has 1 saturated heterocycles. The number of sulfonamides is 1. The quantitative estimate of drug-likeness (QED) is 0.767. The van der Waals surface area contributed by atoms with Crippen molar-refractivity contribution < 1.29 is 23.1 Å². The first-order valence-electron chi connectivity index (χ1n) is 7.62. The van der Waals surface area contributed by atoms with Crippen molar-refractivity contribution in [2.45, 2.75) is 17.7 Å². The number of carbonyl (C=O) groups is 1. The van der Waals surface area contributed by atoms with E-state index in [4.69, 9.17) is 21.4 Å². The van der Waals surface area contributed by atoms with E-state index in [1.54, 1.807) is 6.07 Å². The van der Waals surface area contributed by atoms with Crippen LogP contribution in [0.1, 0.15) is 12.8 Å². The lowest BCUT2D eigenvalue weighted by atomic mass is 9.97. The Morgan fingerprint density at radius 2 is 2.08 bits per heavy atom. The molecule has 9 heteroatoms. The summed E-state index contributed by atoms with van der Waals surface area (Å²) < 4.78 is 32.1. The molecule has 1 aromatic carbocycles. The molecule has 1 amide bonds. The van der Waals surface area contributed by atoms with Crippen molar-refractivity contribution in [3.8, 4) is 5.75 Å². The van der Waals surface area contributed by atoms with Crippen molar-refractivity contribution in [3.05, 3.63) is 23.2 Å². The number of hydrogen-bond donors (Lipinski definition) is 2. The Morgan fingerprint density at radius 3 is 2.67 bits per heavy atom. The van der Waals surface area contributed by atoms with E-state index in [1.165, 1.54) is 23.5 Å². The summed E-state index contributed by atoms with van der Waals surface area (Å²) in [6, 6.07) is 4.46. The Labute approximate surface area is 146 Å². The van der Waals surface area contributed by atoms with Crippen LogP contribution in [0.25, 0.3) is 0 Å². The first-order chi connectivity index (χ1) is 11.4. The van der Waals surface area contributed by atoms with Gasteiger partial charge in [0.25, 0.3) is 0 Å². The van der Waals surface area contributed by atoms with Crippen molar-refractivity contribution in [2.24, 2.45) is 5.92 Å². The number of benzene rings is 1. The molecule has 7 nitrogen and oxygen atoms in total. The molecule has 2 rings (SSSR count). The second kappa shape index (κ2) is 8.15. The van der Waals surface area contributed by atoms with Crippen LogP contribution in [0.2, 0.25) is 5.02 Å². The Bertz CT molecular complexity index is 687. The van der Waals surface area contributed by atoms with Gasteiger partial charge in [-0.15, -0.1) is 0 Å². The highest BCUT2D eigenvalue weighted by Gasteiger charge is 2.33. The molecular formula is C15H21ClN2O5S. The van der Waals surface area contributed by atoms with E-state index in [1.807, 2.05) is 0 Å². The van der Waals surface area contributed by atoms with Crippen molar-refractivity contribution in [1.29, 1.82) is 0 Å². The fourth-order valence-corrected chi connectivity index (χ4v) is 4.56. The molecule has 1 heterocycles. The monoisotopic (exact) mass is 376 g/mol. The maximum Gasteiger partial charge on any atom is 0.246 e. The summed E-state index contributed by atoms with van der Waals surface area (Å²) in [6.45, 7) is 0.578. The molecule has 1 aliphatic heterocycles. The highest BCUT2D eigenvalue weighted by Crippen LogP contribution is 2.31. The average Bonchev–Trinajstić information content (AvgIpc) is 2.59. The first-order valence-corrected chi connectivity index (χ1v) is 9.44. The molecule has 0 saturated carbocycles. The second-order valence-electron chi connectivity index (χ2n) is 5.49. The van der Waals surface area contributed by atoms with Gasteiger partial charge in [0.15, 0.2) is 0 Å². The van der Waals surface area contributed by atoms with Gasteiger partial charge in [0.05, 0.1) is 13.7 Å². The molecule has 0 spiro atoms. The maximum atomic E-state index is 12.8. The molecule has 0 aromatic heterocycles. The maximum absolute atomic E-state index is 12.8. The summed E-state index contributed by atoms with van der Waals surface area (Å²) in [7, 11) is -2.34. The number of ether oxygens (including phenoxy) is 1. The zero-order chi connectivity index (χ0) is 17.7.